The van der Waals surface area contributed by atoms with Crippen LogP contribution in [0.25, 0.3) is 10.2 Å². The van der Waals surface area contributed by atoms with Crippen LogP contribution in [0.2, 0.25) is 0 Å². The zero-order chi connectivity index (χ0) is 20.1. The normalized spacial score (nSPS) is 16.9. The van der Waals surface area contributed by atoms with Gasteiger partial charge in [0.1, 0.15) is 15.5 Å². The highest BCUT2D eigenvalue weighted by Gasteiger charge is 2.32. The molecule has 3 aromatic heterocycles. The number of nitrogens with one attached hydrogen (secondary N) is 1. The minimum atomic E-state index is -0.281. The SMILES string of the molecule is CCC(C)(C)[C@H]1CCc2nc3sc(C(=O)Nc4cc(C)on4)c(N)c3cc2C1. The zero-order valence-electron chi connectivity index (χ0n) is 16.8. The van der Waals surface area contributed by atoms with Crippen molar-refractivity contribution in [1.82, 2.24) is 10.1 Å². The molecule has 0 saturated carbocycles. The standard InChI is InChI=1S/C21H26N4O2S/c1-5-21(3,4)13-6-7-15-12(9-13)10-14-17(22)18(28-20(14)23-15)19(26)24-16-8-11(2)27-25-16/h8,10,13H,5-7,9,22H2,1-4H3,(H,24,25,26)/t13-/m0/s1. The number of carbonyl (C=O) groups is 1. The number of fused-ring (bicyclic) bond motifs is 2. The number of aryl methyl sites for hydroxylation is 2. The Morgan fingerprint density at radius 2 is 2.21 bits per heavy atom. The van der Waals surface area contributed by atoms with Crippen molar-refractivity contribution in [2.75, 3.05) is 11.1 Å². The number of hydrogen-bond acceptors (Lipinski definition) is 6. The quantitative estimate of drug-likeness (QED) is 0.647. The Morgan fingerprint density at radius 3 is 2.89 bits per heavy atom. The van der Waals surface area contributed by atoms with E-state index in [0.717, 1.165) is 41.6 Å². The highest BCUT2D eigenvalue weighted by atomic mass is 32.1. The molecule has 4 rings (SSSR count). The van der Waals surface area contributed by atoms with Gasteiger partial charge in [-0.1, -0.05) is 32.3 Å². The number of anilines is 2. The van der Waals surface area contributed by atoms with E-state index in [4.69, 9.17) is 15.2 Å². The Labute approximate surface area is 168 Å². The number of nitrogens with zero attached hydrogens (tertiary/aromatic N) is 2. The summed E-state index contributed by atoms with van der Waals surface area (Å²) in [5.74, 6) is 1.38. The molecule has 0 saturated heterocycles. The minimum absolute atomic E-state index is 0.281. The van der Waals surface area contributed by atoms with Crippen molar-refractivity contribution in [2.45, 2.75) is 53.4 Å². The van der Waals surface area contributed by atoms with Gasteiger partial charge >= 0.3 is 0 Å². The average molecular weight is 399 g/mol. The third kappa shape index (κ3) is 3.28. The van der Waals surface area contributed by atoms with E-state index in [0.29, 0.717) is 33.5 Å². The van der Waals surface area contributed by atoms with Gasteiger partial charge in [0, 0.05) is 17.1 Å². The lowest BCUT2D eigenvalue weighted by atomic mass is 9.69. The predicted octanol–water partition coefficient (Wildman–Crippen LogP) is 4.97. The van der Waals surface area contributed by atoms with Crippen molar-refractivity contribution in [3.8, 4) is 0 Å². The molecular weight excluding hydrogens is 372 g/mol. The summed E-state index contributed by atoms with van der Waals surface area (Å²) in [4.78, 5) is 18.8. The second-order valence-corrected chi connectivity index (χ2v) is 9.35. The Balaban J connectivity index is 1.66. The molecule has 1 aliphatic carbocycles. The van der Waals surface area contributed by atoms with E-state index < -0.39 is 0 Å². The molecule has 0 bridgehead atoms. The zero-order valence-corrected chi connectivity index (χ0v) is 17.6. The number of nitrogen functional groups attached to an aromatic ring is 1. The molecule has 148 valence electrons. The van der Waals surface area contributed by atoms with Crippen molar-refractivity contribution in [3.63, 3.8) is 0 Å². The summed E-state index contributed by atoms with van der Waals surface area (Å²) in [6, 6.07) is 3.83. The molecular formula is C21H26N4O2S. The lowest BCUT2D eigenvalue weighted by Crippen LogP contribution is -2.29. The first kappa shape index (κ1) is 18.9. The number of pyridine rings is 1. The van der Waals surface area contributed by atoms with Gasteiger partial charge in [-0.3, -0.25) is 4.79 Å². The first-order valence-corrected chi connectivity index (χ1v) is 10.6. The summed E-state index contributed by atoms with van der Waals surface area (Å²) in [7, 11) is 0. The molecule has 0 aliphatic heterocycles. The van der Waals surface area contributed by atoms with Crippen LogP contribution < -0.4 is 11.1 Å². The van der Waals surface area contributed by atoms with Crippen LogP contribution in [0.4, 0.5) is 11.5 Å². The molecule has 7 heteroatoms. The lowest BCUT2D eigenvalue weighted by molar-refractivity contribution is 0.103. The van der Waals surface area contributed by atoms with E-state index >= 15 is 0 Å². The fourth-order valence-electron chi connectivity index (χ4n) is 3.91. The monoisotopic (exact) mass is 398 g/mol. The molecule has 3 heterocycles. The van der Waals surface area contributed by atoms with Gasteiger partial charge < -0.3 is 15.6 Å². The first-order chi connectivity index (χ1) is 13.3. The molecule has 1 amide bonds. The highest BCUT2D eigenvalue weighted by Crippen LogP contribution is 2.42. The maximum atomic E-state index is 12.7. The molecule has 0 radical (unpaired) electrons. The maximum Gasteiger partial charge on any atom is 0.269 e. The molecule has 28 heavy (non-hydrogen) atoms. The van der Waals surface area contributed by atoms with Gasteiger partial charge in [-0.15, -0.1) is 11.3 Å². The van der Waals surface area contributed by atoms with Crippen molar-refractivity contribution in [3.05, 3.63) is 34.0 Å². The minimum Gasteiger partial charge on any atom is -0.397 e. The van der Waals surface area contributed by atoms with E-state index in [1.807, 2.05) is 0 Å². The van der Waals surface area contributed by atoms with Gasteiger partial charge in [0.2, 0.25) is 0 Å². The van der Waals surface area contributed by atoms with Gasteiger partial charge in [0.05, 0.1) is 5.69 Å². The van der Waals surface area contributed by atoms with Gasteiger partial charge in [-0.05, 0) is 49.1 Å². The van der Waals surface area contributed by atoms with Gasteiger partial charge in [0.15, 0.2) is 5.82 Å². The number of hydrogen-bond donors (Lipinski definition) is 2. The maximum absolute atomic E-state index is 12.7. The summed E-state index contributed by atoms with van der Waals surface area (Å²) in [5.41, 5.74) is 9.57. The second kappa shape index (κ2) is 6.88. The van der Waals surface area contributed by atoms with E-state index in [2.05, 4.69) is 37.3 Å². The molecule has 3 N–H and O–H groups in total. The van der Waals surface area contributed by atoms with Gasteiger partial charge in [0.25, 0.3) is 5.91 Å². The number of aromatic nitrogens is 2. The summed E-state index contributed by atoms with van der Waals surface area (Å²) >= 11 is 1.34. The Morgan fingerprint density at radius 1 is 1.43 bits per heavy atom. The fourth-order valence-corrected chi connectivity index (χ4v) is 4.90. The van der Waals surface area contributed by atoms with Crippen LogP contribution in [-0.4, -0.2) is 16.0 Å². The second-order valence-electron chi connectivity index (χ2n) is 8.35. The summed E-state index contributed by atoms with van der Waals surface area (Å²) in [5, 5.41) is 7.43. The summed E-state index contributed by atoms with van der Waals surface area (Å²) in [6.45, 7) is 8.73. The van der Waals surface area contributed by atoms with Crippen LogP contribution in [0.15, 0.2) is 16.7 Å². The third-order valence-electron chi connectivity index (χ3n) is 6.18. The molecule has 0 aromatic carbocycles. The van der Waals surface area contributed by atoms with Crippen molar-refractivity contribution >= 4 is 39.0 Å². The smallest absolute Gasteiger partial charge is 0.269 e. The third-order valence-corrected chi connectivity index (χ3v) is 7.29. The van der Waals surface area contributed by atoms with Crippen LogP contribution in [0, 0.1) is 18.3 Å². The molecule has 1 atom stereocenters. The highest BCUT2D eigenvalue weighted by molar-refractivity contribution is 7.21. The first-order valence-electron chi connectivity index (χ1n) is 9.74. The van der Waals surface area contributed by atoms with Crippen LogP contribution in [0.5, 0.6) is 0 Å². The van der Waals surface area contributed by atoms with Crippen molar-refractivity contribution in [1.29, 1.82) is 0 Å². The van der Waals surface area contributed by atoms with Gasteiger partial charge in [-0.25, -0.2) is 4.98 Å². The van der Waals surface area contributed by atoms with Crippen molar-refractivity contribution < 1.29 is 9.32 Å². The van der Waals surface area contributed by atoms with E-state index in [1.54, 1.807) is 13.0 Å². The van der Waals surface area contributed by atoms with Crippen LogP contribution in [-0.2, 0) is 12.8 Å². The number of nitrogens with two attached hydrogens (primary N) is 1. The largest absolute Gasteiger partial charge is 0.397 e. The van der Waals surface area contributed by atoms with E-state index in [9.17, 15) is 4.79 Å². The number of amides is 1. The number of thiophene rings is 1. The van der Waals surface area contributed by atoms with Crippen LogP contribution in [0.3, 0.4) is 0 Å². The van der Waals surface area contributed by atoms with Gasteiger partial charge in [-0.2, -0.15) is 0 Å². The topological polar surface area (TPSA) is 94.0 Å². The summed E-state index contributed by atoms with van der Waals surface area (Å²) in [6.07, 6.45) is 4.33. The summed E-state index contributed by atoms with van der Waals surface area (Å²) < 4.78 is 5.00. The molecule has 6 nitrogen and oxygen atoms in total. The van der Waals surface area contributed by atoms with Crippen molar-refractivity contribution in [2.24, 2.45) is 11.3 Å². The Kier molecular flexibility index (Phi) is 4.65. The fraction of sp³-hybridized carbons (Fsp3) is 0.476. The predicted molar refractivity (Wildman–Crippen MR) is 113 cm³/mol. The molecule has 0 unspecified atom stereocenters. The van der Waals surface area contributed by atoms with Crippen LogP contribution in [0.1, 0.15) is 60.3 Å². The van der Waals surface area contributed by atoms with E-state index in [-0.39, 0.29) is 5.91 Å². The Hall–Kier alpha value is -2.41. The number of rotatable bonds is 4. The number of carbonyl (C=O) groups excluding carboxylic acids is 1. The van der Waals surface area contributed by atoms with Crippen LogP contribution >= 0.6 is 11.3 Å². The average Bonchev–Trinajstić information content (AvgIpc) is 3.22. The lowest BCUT2D eigenvalue weighted by Gasteiger charge is -2.36. The molecule has 0 fully saturated rings. The molecule has 0 spiro atoms. The molecule has 3 aromatic rings. The Bertz CT molecular complexity index is 1050. The van der Waals surface area contributed by atoms with E-state index in [1.165, 1.54) is 16.9 Å². The molecule has 1 aliphatic rings.